The first kappa shape index (κ1) is 52.8. The van der Waals surface area contributed by atoms with Crippen molar-refractivity contribution in [3.8, 4) is 0 Å². The number of carbonyl (C=O) groups is 6. The van der Waals surface area contributed by atoms with E-state index in [0.717, 1.165) is 0 Å². The maximum Gasteiger partial charge on any atom is 0.322 e. The van der Waals surface area contributed by atoms with Crippen LogP contribution in [0, 0.1) is 5.41 Å². The first-order chi connectivity index (χ1) is 23.5. The molecule has 19 heteroatoms. The zero-order valence-electron chi connectivity index (χ0n) is 32.2. The van der Waals surface area contributed by atoms with Crippen LogP contribution in [0.1, 0.15) is 83.1 Å². The predicted molar refractivity (Wildman–Crippen MR) is 220 cm³/mol. The van der Waals surface area contributed by atoms with Gasteiger partial charge in [0.2, 0.25) is 0 Å². The molecule has 0 aliphatic heterocycles. The Morgan fingerprint density at radius 3 is 0.887 bits per heavy atom. The van der Waals surface area contributed by atoms with E-state index in [1.165, 1.54) is 0 Å². The lowest BCUT2D eigenvalue weighted by Gasteiger charge is -2.37. The summed E-state index contributed by atoms with van der Waals surface area (Å²) in [5.41, 5.74) is -3.32. The van der Waals surface area contributed by atoms with Crippen molar-refractivity contribution < 1.29 is 61.9 Å². The highest BCUT2D eigenvalue weighted by Crippen LogP contribution is 2.30. The molecule has 0 aliphatic carbocycles. The average Bonchev–Trinajstić information content (AvgIpc) is 2.97. The molecule has 0 heterocycles. The highest BCUT2D eigenvalue weighted by atomic mass is 79.9. The van der Waals surface area contributed by atoms with Gasteiger partial charge in [-0.3, -0.25) is 28.8 Å². The van der Waals surface area contributed by atoms with E-state index in [1.54, 1.807) is 83.1 Å². The number of Topliss-reactive ketones (excluding diaryl/α,β-unsaturated/α-hetero) is 1. The average molecular weight is 1150 g/mol. The Balaban J connectivity index is 7.13. The van der Waals surface area contributed by atoms with Gasteiger partial charge in [0.25, 0.3) is 0 Å². The minimum atomic E-state index is -1.79. The van der Waals surface area contributed by atoms with E-state index in [0.29, 0.717) is 0 Å². The molecule has 13 nitrogen and oxygen atoms in total. The van der Waals surface area contributed by atoms with Gasteiger partial charge in [-0.15, -0.1) is 0 Å². The topological polar surface area (TPSA) is 167 Å². The van der Waals surface area contributed by atoms with Gasteiger partial charge in [-0.1, -0.05) is 95.6 Å². The Labute approximate surface area is 363 Å². The summed E-state index contributed by atoms with van der Waals surface area (Å²) in [7, 11) is 0. The fourth-order valence-electron chi connectivity index (χ4n) is 3.25. The van der Waals surface area contributed by atoms with Gasteiger partial charge in [-0.25, -0.2) is 0 Å². The quantitative estimate of drug-likeness (QED) is 0.0580. The van der Waals surface area contributed by atoms with Gasteiger partial charge in [0.15, 0.2) is 11.4 Å². The van der Waals surface area contributed by atoms with Gasteiger partial charge in [-0.05, 0) is 83.1 Å². The van der Waals surface area contributed by atoms with Crippen molar-refractivity contribution in [3.05, 3.63) is 0 Å². The zero-order valence-corrected chi connectivity index (χ0v) is 41.7. The Morgan fingerprint density at radius 1 is 0.377 bits per heavy atom. The summed E-state index contributed by atoms with van der Waals surface area (Å²) in [6.45, 7) is 15.0. The molecule has 0 aromatic rings. The molecule has 0 bridgehead atoms. The number of hydrogen-bond acceptors (Lipinski definition) is 13. The van der Waals surface area contributed by atoms with Crippen molar-refractivity contribution in [3.63, 3.8) is 0 Å². The molecular formula is C34H52Br6O13. The lowest BCUT2D eigenvalue weighted by molar-refractivity contribution is -0.193. The van der Waals surface area contributed by atoms with Crippen LogP contribution in [0.5, 0.6) is 0 Å². The standard InChI is InChI=1S/C34H52Br6O13/c1-27(2,35)21(41)13-53-34(19-51-25(45)31(9,10)39,20-52-26(46)32(11,12)40)18-47-14-33(15-48-22(42)28(3,4)36,16-49-23(43)29(5,6)37)17-50-24(44)30(7,8)38/h13-20H2,1-12H3. The Hall–Kier alpha value is -0.180. The molecule has 0 saturated carbocycles. The van der Waals surface area contributed by atoms with Crippen molar-refractivity contribution in [2.45, 2.75) is 115 Å². The molecule has 0 radical (unpaired) electrons. The van der Waals surface area contributed by atoms with Gasteiger partial charge in [0.05, 0.1) is 23.0 Å². The monoisotopic (exact) mass is 1140 g/mol. The summed E-state index contributed by atoms with van der Waals surface area (Å²) in [6, 6.07) is 0. The van der Waals surface area contributed by atoms with Crippen LogP contribution in [-0.2, 0) is 61.9 Å². The van der Waals surface area contributed by atoms with Crippen LogP contribution in [0.2, 0.25) is 0 Å². The third kappa shape index (κ3) is 20.2. The van der Waals surface area contributed by atoms with E-state index in [4.69, 9.17) is 33.2 Å². The van der Waals surface area contributed by atoms with E-state index in [2.05, 4.69) is 95.6 Å². The summed E-state index contributed by atoms with van der Waals surface area (Å²) in [5, 5.41) is 0. The van der Waals surface area contributed by atoms with Gasteiger partial charge in [0.1, 0.15) is 61.3 Å². The molecule has 0 fully saturated rings. The predicted octanol–water partition coefficient (Wildman–Crippen LogP) is 7.07. The van der Waals surface area contributed by atoms with Crippen LogP contribution >= 0.6 is 95.6 Å². The fourth-order valence-corrected chi connectivity index (χ4v) is 3.94. The summed E-state index contributed by atoms with van der Waals surface area (Å²) >= 11 is 19.7. The van der Waals surface area contributed by atoms with E-state index in [-0.39, 0.29) is 0 Å². The Kier molecular flexibility index (Phi) is 20.4. The minimum Gasteiger partial charge on any atom is -0.464 e. The molecule has 308 valence electrons. The normalized spacial score (nSPS) is 13.5. The van der Waals surface area contributed by atoms with Crippen LogP contribution in [0.3, 0.4) is 0 Å². The lowest BCUT2D eigenvalue weighted by Crippen LogP contribution is -2.52. The SMILES string of the molecule is CC(C)(Br)C(=O)COC(COCC(COC(=O)C(C)(C)Br)(COC(=O)C(C)(C)Br)COC(=O)C(C)(C)Br)(COC(=O)C(C)(C)Br)COC(=O)C(C)(C)Br. The highest BCUT2D eigenvalue weighted by molar-refractivity contribution is 9.11. The zero-order chi connectivity index (χ0) is 42.1. The molecule has 0 spiro atoms. The van der Waals surface area contributed by atoms with Gasteiger partial charge < -0.3 is 33.2 Å². The summed E-state index contributed by atoms with van der Waals surface area (Å²) < 4.78 is 33.9. The van der Waals surface area contributed by atoms with Gasteiger partial charge >= 0.3 is 29.8 Å². The number of rotatable bonds is 23. The fraction of sp³-hybridized carbons (Fsp3) is 0.824. The van der Waals surface area contributed by atoms with Crippen LogP contribution < -0.4 is 0 Å². The number of esters is 5. The second kappa shape index (κ2) is 20.5. The van der Waals surface area contributed by atoms with E-state index in [9.17, 15) is 28.8 Å². The molecule has 0 amide bonds. The van der Waals surface area contributed by atoms with Crippen LogP contribution in [0.25, 0.3) is 0 Å². The van der Waals surface area contributed by atoms with Gasteiger partial charge in [-0.2, -0.15) is 0 Å². The Bertz CT molecular complexity index is 1050. The summed E-state index contributed by atoms with van der Waals surface area (Å²) in [5.74, 6) is -3.82. The number of ketones is 1. The van der Waals surface area contributed by atoms with Gasteiger partial charge in [0, 0.05) is 0 Å². The molecule has 0 aromatic heterocycles. The highest BCUT2D eigenvalue weighted by Gasteiger charge is 2.44. The smallest absolute Gasteiger partial charge is 0.322 e. The molecule has 0 atom stereocenters. The number of halogens is 6. The third-order valence-corrected chi connectivity index (χ3v) is 8.89. The molecule has 0 aromatic carbocycles. The summed E-state index contributed by atoms with van der Waals surface area (Å²) in [4.78, 5) is 77.6. The van der Waals surface area contributed by atoms with E-state index >= 15 is 0 Å². The molecule has 0 unspecified atom stereocenters. The third-order valence-electron chi connectivity index (χ3n) is 6.83. The second-order valence-electron chi connectivity index (χ2n) is 15.6. The Morgan fingerprint density at radius 2 is 0.642 bits per heavy atom. The first-order valence-electron chi connectivity index (χ1n) is 16.2. The first-order valence-corrected chi connectivity index (χ1v) is 21.0. The molecular weight excluding hydrogens is 1100 g/mol. The minimum absolute atomic E-state index is 0.395. The van der Waals surface area contributed by atoms with Crippen LogP contribution in [0.15, 0.2) is 0 Å². The molecule has 53 heavy (non-hydrogen) atoms. The molecule has 0 saturated heterocycles. The largest absolute Gasteiger partial charge is 0.464 e. The van der Waals surface area contributed by atoms with Crippen molar-refractivity contribution in [2.24, 2.45) is 5.41 Å². The maximum atomic E-state index is 13.0. The van der Waals surface area contributed by atoms with Crippen molar-refractivity contribution >= 4 is 131 Å². The van der Waals surface area contributed by atoms with Crippen molar-refractivity contribution in [2.75, 3.05) is 52.9 Å². The van der Waals surface area contributed by atoms with Crippen molar-refractivity contribution in [1.29, 1.82) is 0 Å². The second-order valence-corrected chi connectivity index (χ2v) is 27.5. The number of ether oxygens (including phenoxy) is 7. The van der Waals surface area contributed by atoms with Crippen LogP contribution in [-0.4, -0.2) is 120 Å². The van der Waals surface area contributed by atoms with Crippen LogP contribution in [0.4, 0.5) is 0 Å². The molecule has 0 aliphatic rings. The van der Waals surface area contributed by atoms with E-state index in [1.807, 2.05) is 0 Å². The maximum absolute atomic E-state index is 13.0. The molecule has 0 N–H and O–H groups in total. The number of alkyl halides is 6. The lowest BCUT2D eigenvalue weighted by atomic mass is 9.91. The van der Waals surface area contributed by atoms with Crippen molar-refractivity contribution in [1.82, 2.24) is 0 Å². The van der Waals surface area contributed by atoms with E-state index < -0.39 is 125 Å². The molecule has 0 rings (SSSR count). The number of hydrogen-bond donors (Lipinski definition) is 0. The number of carbonyl (C=O) groups excluding carboxylic acids is 6. The summed E-state index contributed by atoms with van der Waals surface area (Å²) in [6.07, 6.45) is 0.